The maximum Gasteiger partial charge on any atom is 0.308 e. The number of hydrogen-bond acceptors (Lipinski definition) is 2. The van der Waals surface area contributed by atoms with Gasteiger partial charge in [-0.2, -0.15) is 0 Å². The van der Waals surface area contributed by atoms with E-state index in [1.807, 2.05) is 0 Å². The second-order valence-corrected chi connectivity index (χ2v) is 3.91. The minimum atomic E-state index is -1.21. The van der Waals surface area contributed by atoms with Crippen LogP contribution in [0.5, 0.6) is 0 Å². The van der Waals surface area contributed by atoms with E-state index in [-0.39, 0.29) is 22.0 Å². The van der Waals surface area contributed by atoms with Crippen LogP contribution in [0.1, 0.15) is 11.1 Å². The first kappa shape index (κ1) is 12.2. The van der Waals surface area contributed by atoms with Crippen LogP contribution in [0.3, 0.4) is 0 Å². The summed E-state index contributed by atoms with van der Waals surface area (Å²) >= 11 is 0. The monoisotopic (exact) mass is 253 g/mol. The number of benzene rings is 1. The molecule has 0 saturated heterocycles. The van der Waals surface area contributed by atoms with E-state index in [2.05, 4.69) is 4.98 Å². The summed E-state index contributed by atoms with van der Waals surface area (Å²) in [4.78, 5) is 24.6. The molecule has 18 heavy (non-hydrogen) atoms. The summed E-state index contributed by atoms with van der Waals surface area (Å²) in [7, 11) is 0. The molecule has 0 unspecified atom stereocenters. The van der Waals surface area contributed by atoms with E-state index in [1.54, 1.807) is 0 Å². The first-order valence-corrected chi connectivity index (χ1v) is 5.13. The van der Waals surface area contributed by atoms with Crippen LogP contribution in [0.15, 0.2) is 16.9 Å². The minimum Gasteiger partial charge on any atom is -0.481 e. The maximum atomic E-state index is 13.7. The predicted octanol–water partition coefficient (Wildman–Crippen LogP) is 1.74. The van der Waals surface area contributed by atoms with Crippen molar-refractivity contribution in [1.82, 2.24) is 4.98 Å². The van der Waals surface area contributed by atoms with Crippen LogP contribution in [0.25, 0.3) is 10.9 Å². The molecule has 0 bridgehead atoms. The van der Waals surface area contributed by atoms with Crippen LogP contribution in [-0.2, 0) is 11.2 Å². The third-order valence-corrected chi connectivity index (χ3v) is 2.77. The van der Waals surface area contributed by atoms with Crippen LogP contribution in [0.2, 0.25) is 0 Å². The van der Waals surface area contributed by atoms with E-state index >= 15 is 0 Å². The van der Waals surface area contributed by atoms with Crippen molar-refractivity contribution in [2.45, 2.75) is 13.3 Å². The molecule has 0 aliphatic rings. The Bertz CT molecular complexity index is 707. The minimum absolute atomic E-state index is 0.0699. The number of pyridine rings is 1. The van der Waals surface area contributed by atoms with E-state index in [9.17, 15) is 18.4 Å². The smallest absolute Gasteiger partial charge is 0.308 e. The fourth-order valence-corrected chi connectivity index (χ4v) is 1.90. The Balaban J connectivity index is 2.87. The molecule has 1 heterocycles. The summed E-state index contributed by atoms with van der Waals surface area (Å²) in [6.45, 7) is 1.40. The number of carboxylic acid groups (broad SMARTS) is 1. The van der Waals surface area contributed by atoms with Crippen LogP contribution < -0.4 is 5.56 Å². The summed E-state index contributed by atoms with van der Waals surface area (Å²) < 4.78 is 26.8. The van der Waals surface area contributed by atoms with Gasteiger partial charge in [0.25, 0.3) is 5.56 Å². The molecule has 1 aromatic heterocycles. The topological polar surface area (TPSA) is 70.2 Å². The molecule has 0 amide bonds. The SMILES string of the molecule is Cc1c(CC(=O)O)c(=O)[nH]c2ccc(F)c(F)c12. The van der Waals surface area contributed by atoms with Crippen molar-refractivity contribution in [3.8, 4) is 0 Å². The third kappa shape index (κ3) is 1.85. The van der Waals surface area contributed by atoms with Crippen LogP contribution in [-0.4, -0.2) is 16.1 Å². The van der Waals surface area contributed by atoms with Gasteiger partial charge in [0.05, 0.1) is 11.9 Å². The Kier molecular flexibility index (Phi) is 2.86. The van der Waals surface area contributed by atoms with Gasteiger partial charge in [-0.15, -0.1) is 0 Å². The van der Waals surface area contributed by atoms with Gasteiger partial charge in [-0.05, 0) is 24.6 Å². The molecule has 1 aromatic carbocycles. The number of fused-ring (bicyclic) bond motifs is 1. The molecule has 2 rings (SSSR count). The van der Waals surface area contributed by atoms with Crippen molar-refractivity contribution >= 4 is 16.9 Å². The molecule has 0 aliphatic carbocycles. The Morgan fingerprint density at radius 1 is 1.39 bits per heavy atom. The van der Waals surface area contributed by atoms with E-state index in [1.165, 1.54) is 13.0 Å². The molecule has 2 N–H and O–H groups in total. The highest BCUT2D eigenvalue weighted by Crippen LogP contribution is 2.23. The lowest BCUT2D eigenvalue weighted by molar-refractivity contribution is -0.136. The average molecular weight is 253 g/mol. The molecule has 0 spiro atoms. The number of nitrogens with one attached hydrogen (secondary N) is 1. The highest BCUT2D eigenvalue weighted by Gasteiger charge is 2.16. The van der Waals surface area contributed by atoms with Gasteiger partial charge < -0.3 is 10.1 Å². The first-order chi connectivity index (χ1) is 8.41. The molecule has 0 saturated carbocycles. The zero-order valence-electron chi connectivity index (χ0n) is 9.38. The van der Waals surface area contributed by atoms with E-state index in [0.29, 0.717) is 0 Å². The third-order valence-electron chi connectivity index (χ3n) is 2.77. The summed E-state index contributed by atoms with van der Waals surface area (Å²) in [6.07, 6.45) is -0.535. The number of aromatic amines is 1. The Morgan fingerprint density at radius 3 is 2.67 bits per heavy atom. The van der Waals surface area contributed by atoms with Gasteiger partial charge in [0.1, 0.15) is 0 Å². The molecule has 94 valence electrons. The highest BCUT2D eigenvalue weighted by molar-refractivity contribution is 5.85. The largest absolute Gasteiger partial charge is 0.481 e. The zero-order chi connectivity index (χ0) is 13.4. The summed E-state index contributed by atoms with van der Waals surface area (Å²) in [5.41, 5.74) is -0.383. The van der Waals surface area contributed by atoms with E-state index in [4.69, 9.17) is 5.11 Å². The number of H-pyrrole nitrogens is 1. The van der Waals surface area contributed by atoms with Crippen molar-refractivity contribution in [2.75, 3.05) is 0 Å². The van der Waals surface area contributed by atoms with Crippen LogP contribution in [0.4, 0.5) is 8.78 Å². The Hall–Kier alpha value is -2.24. The Labute approximate surface area is 99.9 Å². The highest BCUT2D eigenvalue weighted by atomic mass is 19.2. The number of aliphatic carboxylic acids is 1. The quantitative estimate of drug-likeness (QED) is 0.856. The number of hydrogen-bond donors (Lipinski definition) is 2. The van der Waals surface area contributed by atoms with Crippen molar-refractivity contribution < 1.29 is 18.7 Å². The number of aryl methyl sites for hydroxylation is 1. The molecule has 0 radical (unpaired) electrons. The lowest BCUT2D eigenvalue weighted by atomic mass is 10.0. The summed E-state index contributed by atoms with van der Waals surface area (Å²) in [5.74, 6) is -3.34. The van der Waals surface area contributed by atoms with Gasteiger partial charge in [0.2, 0.25) is 0 Å². The second kappa shape index (κ2) is 4.21. The maximum absolute atomic E-state index is 13.7. The first-order valence-electron chi connectivity index (χ1n) is 5.13. The van der Waals surface area contributed by atoms with Crippen molar-refractivity contribution in [1.29, 1.82) is 0 Å². The molecule has 0 atom stereocenters. The standard InChI is InChI=1S/C12H9F2NO3/c1-5-6(4-9(16)17)12(18)15-8-3-2-7(13)11(14)10(5)8/h2-3H,4H2,1H3,(H,15,18)(H,16,17). The normalized spacial score (nSPS) is 10.8. The van der Waals surface area contributed by atoms with Gasteiger partial charge >= 0.3 is 5.97 Å². The number of aromatic nitrogens is 1. The molecule has 6 heteroatoms. The van der Waals surface area contributed by atoms with Crippen molar-refractivity contribution in [3.63, 3.8) is 0 Å². The van der Waals surface area contributed by atoms with Gasteiger partial charge in [-0.25, -0.2) is 8.78 Å². The van der Waals surface area contributed by atoms with E-state index in [0.717, 1.165) is 6.07 Å². The molecular formula is C12H9F2NO3. The lowest BCUT2D eigenvalue weighted by Gasteiger charge is -2.08. The van der Waals surface area contributed by atoms with Gasteiger partial charge in [-0.1, -0.05) is 0 Å². The second-order valence-electron chi connectivity index (χ2n) is 3.91. The molecule has 0 aliphatic heterocycles. The Morgan fingerprint density at radius 2 is 2.06 bits per heavy atom. The summed E-state index contributed by atoms with van der Waals surface area (Å²) in [5, 5.41) is 8.60. The number of carboxylic acids is 1. The van der Waals surface area contributed by atoms with Crippen LogP contribution >= 0.6 is 0 Å². The van der Waals surface area contributed by atoms with E-state index < -0.39 is 29.6 Å². The number of carbonyl (C=O) groups is 1. The van der Waals surface area contributed by atoms with Gasteiger partial charge in [-0.3, -0.25) is 9.59 Å². The van der Waals surface area contributed by atoms with Gasteiger partial charge in [0, 0.05) is 10.9 Å². The average Bonchev–Trinajstić information content (AvgIpc) is 2.29. The van der Waals surface area contributed by atoms with Crippen molar-refractivity contribution in [3.05, 3.63) is 45.2 Å². The number of halogens is 2. The lowest BCUT2D eigenvalue weighted by Crippen LogP contribution is -2.18. The van der Waals surface area contributed by atoms with Gasteiger partial charge in [0.15, 0.2) is 11.6 Å². The fourth-order valence-electron chi connectivity index (χ4n) is 1.90. The molecule has 2 aromatic rings. The predicted molar refractivity (Wildman–Crippen MR) is 60.6 cm³/mol. The van der Waals surface area contributed by atoms with Crippen molar-refractivity contribution in [2.24, 2.45) is 0 Å². The molecular weight excluding hydrogens is 244 g/mol. The number of rotatable bonds is 2. The zero-order valence-corrected chi connectivity index (χ0v) is 9.38. The fraction of sp³-hybridized carbons (Fsp3) is 0.167. The molecule has 4 nitrogen and oxygen atoms in total. The summed E-state index contributed by atoms with van der Waals surface area (Å²) in [6, 6.07) is 2.15. The van der Waals surface area contributed by atoms with Crippen LogP contribution in [0, 0.1) is 18.6 Å². The molecule has 0 fully saturated rings.